The van der Waals surface area contributed by atoms with Crippen molar-refractivity contribution >= 4 is 11.9 Å². The van der Waals surface area contributed by atoms with E-state index in [-0.39, 0.29) is 0 Å². The van der Waals surface area contributed by atoms with Gasteiger partial charge in [-0.15, -0.1) is 0 Å². The molecule has 0 aromatic rings. The summed E-state index contributed by atoms with van der Waals surface area (Å²) in [5.41, 5.74) is 4.79. The second kappa shape index (κ2) is 4.41. The lowest BCUT2D eigenvalue weighted by atomic mass is 9.86. The van der Waals surface area contributed by atoms with Crippen LogP contribution in [0.3, 0.4) is 0 Å². The summed E-state index contributed by atoms with van der Waals surface area (Å²) in [6.45, 7) is 6.74. The first kappa shape index (κ1) is 12.9. The monoisotopic (exact) mass is 202 g/mol. The Morgan fingerprint density at radius 1 is 1.36 bits per heavy atom. The number of amides is 1. The highest BCUT2D eigenvalue weighted by Crippen LogP contribution is 2.19. The molecular formula is C9H18N2O3. The van der Waals surface area contributed by atoms with Crippen molar-refractivity contribution in [2.45, 2.75) is 39.8 Å². The fourth-order valence-corrected chi connectivity index (χ4v) is 0.922. The molecule has 0 fully saturated rings. The van der Waals surface area contributed by atoms with Crippen molar-refractivity contribution in [1.82, 2.24) is 5.32 Å². The first-order valence-electron chi connectivity index (χ1n) is 4.45. The number of carboxylic acids is 1. The molecular weight excluding hydrogens is 184 g/mol. The van der Waals surface area contributed by atoms with Crippen molar-refractivity contribution in [2.24, 2.45) is 11.1 Å². The lowest BCUT2D eigenvalue weighted by Crippen LogP contribution is -2.52. The van der Waals surface area contributed by atoms with Crippen LogP contribution < -0.4 is 11.1 Å². The van der Waals surface area contributed by atoms with Crippen LogP contribution in [0.2, 0.25) is 0 Å². The van der Waals surface area contributed by atoms with Gasteiger partial charge in [-0.05, 0) is 12.3 Å². The Labute approximate surface area is 83.7 Å². The summed E-state index contributed by atoms with van der Waals surface area (Å²) < 4.78 is 0. The van der Waals surface area contributed by atoms with Gasteiger partial charge in [0.1, 0.15) is 6.04 Å². The van der Waals surface area contributed by atoms with E-state index in [9.17, 15) is 9.59 Å². The van der Waals surface area contributed by atoms with Gasteiger partial charge in [-0.3, -0.25) is 4.79 Å². The highest BCUT2D eigenvalue weighted by molar-refractivity contribution is 5.86. The number of nitrogens with two attached hydrogens (primary N) is 1. The quantitative estimate of drug-likeness (QED) is 0.598. The lowest BCUT2D eigenvalue weighted by Gasteiger charge is -2.28. The van der Waals surface area contributed by atoms with Crippen LogP contribution in [0.25, 0.3) is 0 Å². The van der Waals surface area contributed by atoms with E-state index in [1.165, 1.54) is 6.92 Å². The summed E-state index contributed by atoms with van der Waals surface area (Å²) >= 11 is 0. The molecule has 0 aromatic heterocycles. The van der Waals surface area contributed by atoms with E-state index in [2.05, 4.69) is 5.32 Å². The molecule has 0 bridgehead atoms. The number of hydrogen-bond acceptors (Lipinski definition) is 3. The minimum Gasteiger partial charge on any atom is -0.480 e. The molecule has 5 heteroatoms. The van der Waals surface area contributed by atoms with E-state index >= 15 is 0 Å². The van der Waals surface area contributed by atoms with Gasteiger partial charge in [-0.1, -0.05) is 20.8 Å². The first-order chi connectivity index (χ1) is 6.16. The Morgan fingerprint density at radius 3 is 2.00 bits per heavy atom. The van der Waals surface area contributed by atoms with Crippen molar-refractivity contribution in [2.75, 3.05) is 0 Å². The predicted molar refractivity (Wildman–Crippen MR) is 52.7 cm³/mol. The largest absolute Gasteiger partial charge is 0.480 e. The van der Waals surface area contributed by atoms with Crippen LogP contribution in [0.1, 0.15) is 27.7 Å². The van der Waals surface area contributed by atoms with Crippen LogP contribution in [0.5, 0.6) is 0 Å². The number of nitrogens with one attached hydrogen (secondary N) is 1. The summed E-state index contributed by atoms with van der Waals surface area (Å²) in [7, 11) is 0. The standard InChI is InChI=1S/C9H18N2O3/c1-5(10)7(12)11-6(8(13)14)9(2,3)4/h5-6H,10H2,1-4H3,(H,11,12)(H,13,14)/t5-,6+/m0/s1. The van der Waals surface area contributed by atoms with E-state index < -0.39 is 29.4 Å². The van der Waals surface area contributed by atoms with Crippen LogP contribution in [-0.4, -0.2) is 29.1 Å². The van der Waals surface area contributed by atoms with E-state index in [4.69, 9.17) is 10.8 Å². The van der Waals surface area contributed by atoms with Crippen LogP contribution in [-0.2, 0) is 9.59 Å². The first-order valence-corrected chi connectivity index (χ1v) is 4.45. The smallest absolute Gasteiger partial charge is 0.326 e. The van der Waals surface area contributed by atoms with Gasteiger partial charge in [0.2, 0.25) is 5.91 Å². The molecule has 82 valence electrons. The Balaban J connectivity index is 4.56. The Hall–Kier alpha value is -1.10. The maximum absolute atomic E-state index is 11.2. The van der Waals surface area contributed by atoms with E-state index in [1.54, 1.807) is 20.8 Å². The molecule has 0 unspecified atom stereocenters. The van der Waals surface area contributed by atoms with Gasteiger partial charge in [0.25, 0.3) is 0 Å². The van der Waals surface area contributed by atoms with Gasteiger partial charge in [-0.25, -0.2) is 4.79 Å². The Kier molecular flexibility index (Phi) is 4.07. The third-order valence-electron chi connectivity index (χ3n) is 1.81. The summed E-state index contributed by atoms with van der Waals surface area (Å²) in [6.07, 6.45) is 0. The molecule has 0 aliphatic carbocycles. The second-order valence-electron chi connectivity index (χ2n) is 4.43. The second-order valence-corrected chi connectivity index (χ2v) is 4.43. The molecule has 0 saturated carbocycles. The van der Waals surface area contributed by atoms with Crippen LogP contribution >= 0.6 is 0 Å². The summed E-state index contributed by atoms with van der Waals surface area (Å²) in [5.74, 6) is -1.50. The molecule has 0 aromatic carbocycles. The molecule has 4 N–H and O–H groups in total. The average molecular weight is 202 g/mol. The fraction of sp³-hybridized carbons (Fsp3) is 0.778. The number of carbonyl (C=O) groups is 2. The molecule has 0 radical (unpaired) electrons. The summed E-state index contributed by atoms with van der Waals surface area (Å²) in [4.78, 5) is 22.1. The third-order valence-corrected chi connectivity index (χ3v) is 1.81. The SMILES string of the molecule is C[C@H](N)C(=O)N[C@H](C(=O)O)C(C)(C)C. The molecule has 5 nitrogen and oxygen atoms in total. The Morgan fingerprint density at radius 2 is 1.79 bits per heavy atom. The van der Waals surface area contributed by atoms with E-state index in [0.717, 1.165) is 0 Å². The maximum Gasteiger partial charge on any atom is 0.326 e. The van der Waals surface area contributed by atoms with Gasteiger partial charge < -0.3 is 16.2 Å². The lowest BCUT2D eigenvalue weighted by molar-refractivity contribution is -0.145. The van der Waals surface area contributed by atoms with Crippen molar-refractivity contribution < 1.29 is 14.7 Å². The number of rotatable bonds is 3. The van der Waals surface area contributed by atoms with Gasteiger partial charge in [0.15, 0.2) is 0 Å². The van der Waals surface area contributed by atoms with Gasteiger partial charge in [0, 0.05) is 0 Å². The van der Waals surface area contributed by atoms with Gasteiger partial charge >= 0.3 is 5.97 Å². The van der Waals surface area contributed by atoms with Crippen molar-refractivity contribution in [3.05, 3.63) is 0 Å². The van der Waals surface area contributed by atoms with Crippen molar-refractivity contribution in [1.29, 1.82) is 0 Å². The minimum atomic E-state index is -1.05. The zero-order valence-electron chi connectivity index (χ0n) is 9.00. The van der Waals surface area contributed by atoms with E-state index in [0.29, 0.717) is 0 Å². The van der Waals surface area contributed by atoms with Crippen LogP contribution in [0, 0.1) is 5.41 Å². The number of carboxylic acid groups (broad SMARTS) is 1. The van der Waals surface area contributed by atoms with E-state index in [1.807, 2.05) is 0 Å². The summed E-state index contributed by atoms with van der Waals surface area (Å²) in [6, 6.07) is -1.61. The van der Waals surface area contributed by atoms with Crippen molar-refractivity contribution in [3.8, 4) is 0 Å². The zero-order valence-corrected chi connectivity index (χ0v) is 9.00. The highest BCUT2D eigenvalue weighted by atomic mass is 16.4. The fourth-order valence-electron chi connectivity index (χ4n) is 0.922. The average Bonchev–Trinajstić information content (AvgIpc) is 1.96. The molecule has 1 amide bonds. The zero-order chi connectivity index (χ0) is 11.5. The molecule has 0 aliphatic heterocycles. The summed E-state index contributed by atoms with van der Waals surface area (Å²) in [5, 5.41) is 11.3. The number of hydrogen-bond donors (Lipinski definition) is 3. The minimum absolute atomic E-state index is 0.452. The predicted octanol–water partition coefficient (Wildman–Crippen LogP) is -0.0509. The topological polar surface area (TPSA) is 92.4 Å². The Bertz CT molecular complexity index is 231. The highest BCUT2D eigenvalue weighted by Gasteiger charge is 2.32. The van der Waals surface area contributed by atoms with Crippen LogP contribution in [0.4, 0.5) is 0 Å². The molecule has 2 atom stereocenters. The molecule has 14 heavy (non-hydrogen) atoms. The van der Waals surface area contributed by atoms with Crippen LogP contribution in [0.15, 0.2) is 0 Å². The third kappa shape index (κ3) is 3.74. The van der Waals surface area contributed by atoms with Gasteiger partial charge in [-0.2, -0.15) is 0 Å². The van der Waals surface area contributed by atoms with Gasteiger partial charge in [0.05, 0.1) is 6.04 Å². The molecule has 0 saturated heterocycles. The maximum atomic E-state index is 11.2. The normalized spacial score (nSPS) is 15.8. The molecule has 0 rings (SSSR count). The molecule has 0 aliphatic rings. The number of aliphatic carboxylic acids is 1. The molecule has 0 heterocycles. The molecule has 0 spiro atoms. The van der Waals surface area contributed by atoms with Crippen molar-refractivity contribution in [3.63, 3.8) is 0 Å². The number of carbonyl (C=O) groups excluding carboxylic acids is 1.